The van der Waals surface area contributed by atoms with Crippen LogP contribution in [0.1, 0.15) is 16.7 Å². The zero-order valence-corrected chi connectivity index (χ0v) is 18.2. The number of primary amides is 1. The second-order valence-corrected chi connectivity index (χ2v) is 7.86. The number of halogens is 1. The Morgan fingerprint density at radius 1 is 0.848 bits per heavy atom. The highest BCUT2D eigenvalue weighted by Gasteiger charge is 2.41. The topological polar surface area (TPSA) is 83.0 Å². The van der Waals surface area contributed by atoms with Crippen LogP contribution in [0.3, 0.4) is 0 Å². The zero-order valence-electron chi connectivity index (χ0n) is 17.4. The number of hydrogen-bond acceptors (Lipinski definition) is 4. The molecule has 6 nitrogen and oxygen atoms in total. The number of rotatable bonds is 5. The highest BCUT2D eigenvalue weighted by Crippen LogP contribution is 2.43. The Kier molecular flexibility index (Phi) is 5.28. The number of amides is 1. The average molecular weight is 455 g/mol. The van der Waals surface area contributed by atoms with Crippen LogP contribution in [0.5, 0.6) is 5.88 Å². The Balaban J connectivity index is 1.97. The van der Waals surface area contributed by atoms with Gasteiger partial charge in [0.1, 0.15) is 10.7 Å². The van der Waals surface area contributed by atoms with Gasteiger partial charge in [-0.05, 0) is 16.7 Å². The van der Waals surface area contributed by atoms with E-state index in [1.54, 1.807) is 6.07 Å². The SMILES string of the molecule is NC(=O)Oc1nn(C(c2ccccc2)(c2ccccc2)c2ccccc2)c2cc(Cl)ncc12. The van der Waals surface area contributed by atoms with Gasteiger partial charge in [0, 0.05) is 12.3 Å². The van der Waals surface area contributed by atoms with Gasteiger partial charge in [-0.15, -0.1) is 5.10 Å². The number of pyridine rings is 1. The highest BCUT2D eigenvalue weighted by atomic mass is 35.5. The molecule has 0 saturated carbocycles. The maximum Gasteiger partial charge on any atom is 0.411 e. The van der Waals surface area contributed by atoms with Crippen LogP contribution in [0.2, 0.25) is 5.15 Å². The molecule has 0 aliphatic carbocycles. The molecule has 2 aromatic heterocycles. The van der Waals surface area contributed by atoms with Crippen molar-refractivity contribution in [1.82, 2.24) is 14.8 Å². The predicted octanol–water partition coefficient (Wildman–Crippen LogP) is 5.38. The maximum absolute atomic E-state index is 11.7. The number of ether oxygens (including phenoxy) is 1. The third-order valence-corrected chi connectivity index (χ3v) is 5.79. The Hall–Kier alpha value is -4.16. The molecule has 0 fully saturated rings. The second kappa shape index (κ2) is 8.41. The number of aromatic nitrogens is 3. The molecule has 2 N–H and O–H groups in total. The minimum atomic E-state index is -0.957. The molecule has 5 aromatic rings. The number of nitrogens with zero attached hydrogens (tertiary/aromatic N) is 3. The normalized spacial score (nSPS) is 11.4. The molecule has 0 radical (unpaired) electrons. The number of benzene rings is 3. The van der Waals surface area contributed by atoms with E-state index in [-0.39, 0.29) is 11.0 Å². The summed E-state index contributed by atoms with van der Waals surface area (Å²) in [5.41, 5.74) is 7.96. The number of hydrogen-bond donors (Lipinski definition) is 1. The van der Waals surface area contributed by atoms with Crippen molar-refractivity contribution in [2.45, 2.75) is 5.54 Å². The van der Waals surface area contributed by atoms with E-state index in [0.29, 0.717) is 10.9 Å². The first-order valence-corrected chi connectivity index (χ1v) is 10.7. The molecule has 33 heavy (non-hydrogen) atoms. The Labute approximate surface area is 195 Å². The lowest BCUT2D eigenvalue weighted by Crippen LogP contribution is -2.38. The van der Waals surface area contributed by atoms with E-state index in [1.165, 1.54) is 6.20 Å². The highest BCUT2D eigenvalue weighted by molar-refractivity contribution is 6.30. The van der Waals surface area contributed by atoms with Crippen molar-refractivity contribution in [1.29, 1.82) is 0 Å². The smallest absolute Gasteiger partial charge is 0.389 e. The van der Waals surface area contributed by atoms with E-state index in [0.717, 1.165) is 16.7 Å². The molecule has 0 bridgehead atoms. The van der Waals surface area contributed by atoms with E-state index in [2.05, 4.69) is 4.98 Å². The van der Waals surface area contributed by atoms with Crippen molar-refractivity contribution >= 4 is 28.6 Å². The van der Waals surface area contributed by atoms with Crippen LogP contribution < -0.4 is 10.5 Å². The Morgan fingerprint density at radius 3 is 1.79 bits per heavy atom. The van der Waals surface area contributed by atoms with Crippen molar-refractivity contribution in [2.24, 2.45) is 5.73 Å². The van der Waals surface area contributed by atoms with Gasteiger partial charge in [-0.2, -0.15) is 0 Å². The largest absolute Gasteiger partial charge is 0.411 e. The van der Waals surface area contributed by atoms with Crippen molar-refractivity contribution in [3.05, 3.63) is 125 Å². The third kappa shape index (κ3) is 3.50. The fraction of sp³-hybridized carbons (Fsp3) is 0.0385. The molecular weight excluding hydrogens is 436 g/mol. The van der Waals surface area contributed by atoms with Crippen molar-refractivity contribution < 1.29 is 9.53 Å². The average Bonchev–Trinajstić information content (AvgIpc) is 3.18. The van der Waals surface area contributed by atoms with Gasteiger partial charge in [-0.25, -0.2) is 14.5 Å². The first-order chi connectivity index (χ1) is 16.1. The molecule has 1 amide bonds. The maximum atomic E-state index is 11.7. The summed E-state index contributed by atoms with van der Waals surface area (Å²) in [5.74, 6) is 0.0637. The first kappa shape index (κ1) is 20.7. The summed E-state index contributed by atoms with van der Waals surface area (Å²) in [5, 5.41) is 5.58. The molecule has 3 aromatic carbocycles. The fourth-order valence-electron chi connectivity index (χ4n) is 4.29. The number of nitrogens with two attached hydrogens (primary N) is 1. The van der Waals surface area contributed by atoms with Crippen molar-refractivity contribution in [2.75, 3.05) is 0 Å². The van der Waals surface area contributed by atoms with Gasteiger partial charge in [0.2, 0.25) is 0 Å². The molecule has 162 valence electrons. The lowest BCUT2D eigenvalue weighted by Gasteiger charge is -2.36. The summed E-state index contributed by atoms with van der Waals surface area (Å²) in [6.07, 6.45) is 0.576. The van der Waals surface area contributed by atoms with Crippen LogP contribution >= 0.6 is 11.6 Å². The van der Waals surface area contributed by atoms with E-state index < -0.39 is 11.6 Å². The molecule has 2 heterocycles. The number of fused-ring (bicyclic) bond motifs is 1. The van der Waals surface area contributed by atoms with Crippen LogP contribution in [-0.4, -0.2) is 20.9 Å². The molecule has 7 heteroatoms. The number of carbonyl (C=O) groups excluding carboxylic acids is 1. The predicted molar refractivity (Wildman–Crippen MR) is 127 cm³/mol. The quantitative estimate of drug-likeness (QED) is 0.285. The molecule has 0 unspecified atom stereocenters. The van der Waals surface area contributed by atoms with Crippen LogP contribution in [0.15, 0.2) is 103 Å². The van der Waals surface area contributed by atoms with Gasteiger partial charge in [0.15, 0.2) is 0 Å². The lowest BCUT2D eigenvalue weighted by atomic mass is 9.77. The lowest BCUT2D eigenvalue weighted by molar-refractivity contribution is 0.208. The first-order valence-electron chi connectivity index (χ1n) is 10.3. The molecule has 0 aliphatic heterocycles. The zero-order chi connectivity index (χ0) is 22.8. The molecule has 0 aliphatic rings. The molecule has 0 atom stereocenters. The Bertz CT molecular complexity index is 1320. The number of carbonyl (C=O) groups is 1. The molecular formula is C26H19ClN4O2. The van der Waals surface area contributed by atoms with Gasteiger partial charge >= 0.3 is 6.09 Å². The standard InChI is InChI=1S/C26H19ClN4O2/c27-23-16-22-21(17-29-23)24(33-25(28)32)30-31(22)26(18-10-4-1-5-11-18,19-12-6-2-7-13-19)20-14-8-3-9-15-20/h1-17H,(H2,28,32). The summed E-state index contributed by atoms with van der Waals surface area (Å²) < 4.78 is 7.10. The third-order valence-electron chi connectivity index (χ3n) is 5.59. The second-order valence-electron chi connectivity index (χ2n) is 7.47. The fourth-order valence-corrected chi connectivity index (χ4v) is 4.44. The van der Waals surface area contributed by atoms with Gasteiger partial charge in [0.05, 0.1) is 10.9 Å². The van der Waals surface area contributed by atoms with Crippen LogP contribution in [0.25, 0.3) is 10.9 Å². The summed E-state index contributed by atoms with van der Waals surface area (Å²) in [7, 11) is 0. The van der Waals surface area contributed by atoms with E-state index in [1.807, 2.05) is 95.7 Å². The minimum absolute atomic E-state index is 0.0637. The molecule has 5 rings (SSSR count). The van der Waals surface area contributed by atoms with E-state index >= 15 is 0 Å². The minimum Gasteiger partial charge on any atom is -0.389 e. The van der Waals surface area contributed by atoms with Crippen molar-refractivity contribution in [3.63, 3.8) is 0 Å². The van der Waals surface area contributed by atoms with E-state index in [9.17, 15) is 4.79 Å². The van der Waals surface area contributed by atoms with E-state index in [4.69, 9.17) is 27.2 Å². The van der Waals surface area contributed by atoms with Crippen LogP contribution in [0.4, 0.5) is 4.79 Å². The summed E-state index contributed by atoms with van der Waals surface area (Å²) in [6, 6.07) is 31.8. The summed E-state index contributed by atoms with van der Waals surface area (Å²) >= 11 is 6.31. The van der Waals surface area contributed by atoms with Gasteiger partial charge in [-0.3, -0.25) is 0 Å². The monoisotopic (exact) mass is 454 g/mol. The van der Waals surface area contributed by atoms with Crippen LogP contribution in [-0.2, 0) is 5.54 Å². The van der Waals surface area contributed by atoms with Crippen molar-refractivity contribution in [3.8, 4) is 5.88 Å². The van der Waals surface area contributed by atoms with Gasteiger partial charge in [0.25, 0.3) is 5.88 Å². The summed E-state index contributed by atoms with van der Waals surface area (Å²) in [6.45, 7) is 0. The summed E-state index contributed by atoms with van der Waals surface area (Å²) in [4.78, 5) is 15.8. The molecule has 0 saturated heterocycles. The van der Waals surface area contributed by atoms with Gasteiger partial charge in [-0.1, -0.05) is 103 Å². The van der Waals surface area contributed by atoms with Crippen LogP contribution in [0, 0.1) is 0 Å². The Morgan fingerprint density at radius 2 is 1.33 bits per heavy atom. The van der Waals surface area contributed by atoms with Gasteiger partial charge < -0.3 is 10.5 Å². The molecule has 0 spiro atoms.